The fraction of sp³-hybridized carbons (Fsp3) is 0.211. The number of carbonyl (C=O) groups excluding carboxylic acids is 2. The minimum absolute atomic E-state index is 0.0438. The average molecular weight is 521 g/mol. The number of aryl methyl sites for hydroxylation is 1. The molecule has 34 heavy (non-hydrogen) atoms. The molecule has 0 atom stereocenters. The molecule has 4 rings (SSSR count). The second-order valence-electron chi connectivity index (χ2n) is 6.49. The molecule has 15 heteroatoms. The van der Waals surface area contributed by atoms with Gasteiger partial charge in [-0.2, -0.15) is 5.10 Å². The van der Waals surface area contributed by atoms with Crippen LogP contribution in [0.25, 0.3) is 5.69 Å². The topological polar surface area (TPSA) is 137 Å². The number of amides is 2. The van der Waals surface area contributed by atoms with E-state index in [0.29, 0.717) is 21.8 Å². The van der Waals surface area contributed by atoms with E-state index in [-0.39, 0.29) is 34.1 Å². The number of nitrogens with zero attached hydrogens (tertiary/aromatic N) is 6. The van der Waals surface area contributed by atoms with Crippen LogP contribution in [0.2, 0.25) is 0 Å². The van der Waals surface area contributed by atoms with Gasteiger partial charge in [-0.15, -0.1) is 20.4 Å². The fourth-order valence-corrected chi connectivity index (χ4v) is 4.76. The van der Waals surface area contributed by atoms with Gasteiger partial charge in [-0.3, -0.25) is 20.2 Å². The predicted octanol–water partition coefficient (Wildman–Crippen LogP) is 3.40. The predicted molar refractivity (Wildman–Crippen MR) is 127 cm³/mol. The Balaban J connectivity index is 1.39. The maximum Gasteiger partial charge on any atom is 0.281 e. The normalized spacial score (nSPS) is 10.8. The molecule has 0 spiro atoms. The molecule has 0 radical (unpaired) electrons. The van der Waals surface area contributed by atoms with Crippen LogP contribution in [-0.4, -0.2) is 54.3 Å². The van der Waals surface area contributed by atoms with Crippen molar-refractivity contribution in [3.63, 3.8) is 0 Å². The Hall–Kier alpha value is -3.43. The Morgan fingerprint density at radius 3 is 2.53 bits per heavy atom. The molecule has 176 valence electrons. The summed E-state index contributed by atoms with van der Waals surface area (Å²) in [5, 5.41) is 26.6. The third-order valence-corrected chi connectivity index (χ3v) is 6.74. The molecule has 3 heterocycles. The molecule has 4 aromatic rings. The Bertz CT molecular complexity index is 1300. The third kappa shape index (κ3) is 5.92. The summed E-state index contributed by atoms with van der Waals surface area (Å²) in [6.45, 7) is 3.91. The molecule has 0 unspecified atom stereocenters. The summed E-state index contributed by atoms with van der Waals surface area (Å²) in [5.41, 5.74) is 0.611. The summed E-state index contributed by atoms with van der Waals surface area (Å²) in [5.74, 6) is -0.808. The summed E-state index contributed by atoms with van der Waals surface area (Å²) in [7, 11) is 0. The van der Waals surface area contributed by atoms with Crippen molar-refractivity contribution < 1.29 is 18.7 Å². The number of thioether (sulfide) groups is 1. The number of rotatable bonds is 9. The van der Waals surface area contributed by atoms with Crippen LogP contribution in [0.1, 0.15) is 22.4 Å². The second-order valence-corrected chi connectivity index (χ2v) is 9.87. The first-order valence-corrected chi connectivity index (χ1v) is 12.4. The number of halogens is 1. The number of aromatic nitrogens is 6. The largest absolute Gasteiger partial charge is 0.490 e. The lowest BCUT2D eigenvalue weighted by Crippen LogP contribution is -2.14. The van der Waals surface area contributed by atoms with Crippen molar-refractivity contribution in [1.29, 1.82) is 0 Å². The number of benzene rings is 1. The molecule has 0 saturated heterocycles. The number of hydrogen-bond donors (Lipinski definition) is 2. The van der Waals surface area contributed by atoms with Crippen LogP contribution in [-0.2, 0) is 4.79 Å². The van der Waals surface area contributed by atoms with Crippen LogP contribution in [0.15, 0.2) is 34.8 Å². The zero-order chi connectivity index (χ0) is 24.1. The van der Waals surface area contributed by atoms with Crippen LogP contribution in [0.5, 0.6) is 5.75 Å². The molecule has 0 saturated carbocycles. The molecular weight excluding hydrogens is 503 g/mol. The van der Waals surface area contributed by atoms with E-state index in [0.717, 1.165) is 16.3 Å². The van der Waals surface area contributed by atoms with Gasteiger partial charge in [-0.05, 0) is 38.1 Å². The molecule has 3 aromatic heterocycles. The van der Waals surface area contributed by atoms with Crippen LogP contribution in [0.4, 0.5) is 14.7 Å². The quantitative estimate of drug-likeness (QED) is 0.251. The monoisotopic (exact) mass is 520 g/mol. The minimum Gasteiger partial charge on any atom is -0.490 e. The first kappa shape index (κ1) is 23.7. The lowest BCUT2D eigenvalue weighted by Gasteiger charge is -2.02. The number of carbonyl (C=O) groups is 2. The molecule has 0 aliphatic rings. The number of ether oxygens (including phenoxy) is 1. The first-order chi connectivity index (χ1) is 16.4. The van der Waals surface area contributed by atoms with Crippen LogP contribution in [0, 0.1) is 12.7 Å². The summed E-state index contributed by atoms with van der Waals surface area (Å²) < 4.78 is 20.7. The van der Waals surface area contributed by atoms with Crippen LogP contribution in [0.3, 0.4) is 0 Å². The minimum atomic E-state index is -0.540. The van der Waals surface area contributed by atoms with Gasteiger partial charge >= 0.3 is 0 Å². The molecule has 0 aliphatic heterocycles. The van der Waals surface area contributed by atoms with Gasteiger partial charge in [0.2, 0.25) is 16.2 Å². The van der Waals surface area contributed by atoms with Crippen molar-refractivity contribution in [2.75, 3.05) is 23.0 Å². The van der Waals surface area contributed by atoms with E-state index in [1.54, 1.807) is 20.0 Å². The van der Waals surface area contributed by atoms with Gasteiger partial charge in [0.05, 0.1) is 24.2 Å². The average Bonchev–Trinajstić information content (AvgIpc) is 3.54. The van der Waals surface area contributed by atoms with Gasteiger partial charge in [0.1, 0.15) is 10.8 Å². The maximum atomic E-state index is 13.2. The van der Waals surface area contributed by atoms with E-state index < -0.39 is 5.91 Å². The Kier molecular flexibility index (Phi) is 7.44. The van der Waals surface area contributed by atoms with Gasteiger partial charge in [0.15, 0.2) is 15.8 Å². The highest BCUT2D eigenvalue weighted by molar-refractivity contribution is 8.01. The van der Waals surface area contributed by atoms with E-state index in [9.17, 15) is 14.0 Å². The first-order valence-electron chi connectivity index (χ1n) is 9.77. The molecule has 2 amide bonds. The molecule has 0 bridgehead atoms. The standard InChI is InChI=1S/C19H17FN8O3S3/c1-3-31-13-8-28(12-6-4-11(20)5-7-12)27-15(13)16(30)22-18-25-26-19(34-18)32-9-14(29)21-17-24-23-10(2)33-17/h4-8H,3,9H2,1-2H3,(H,21,24,29)(H,22,25,30). The summed E-state index contributed by atoms with van der Waals surface area (Å²) in [6, 6.07) is 5.67. The van der Waals surface area contributed by atoms with E-state index in [1.165, 1.54) is 52.0 Å². The summed E-state index contributed by atoms with van der Waals surface area (Å²) in [6.07, 6.45) is 1.55. The molecule has 1 aromatic carbocycles. The molecule has 0 fully saturated rings. The number of nitrogens with one attached hydrogen (secondary N) is 2. The zero-order valence-corrected chi connectivity index (χ0v) is 20.3. The van der Waals surface area contributed by atoms with E-state index in [2.05, 4.69) is 36.1 Å². The van der Waals surface area contributed by atoms with Gasteiger partial charge < -0.3 is 4.74 Å². The lowest BCUT2D eigenvalue weighted by molar-refractivity contribution is -0.113. The highest BCUT2D eigenvalue weighted by atomic mass is 32.2. The smallest absolute Gasteiger partial charge is 0.281 e. The molecule has 11 nitrogen and oxygen atoms in total. The zero-order valence-electron chi connectivity index (χ0n) is 17.8. The van der Waals surface area contributed by atoms with Crippen molar-refractivity contribution in [3.05, 3.63) is 47.0 Å². The molecular formula is C19H17FN8O3S3. The third-order valence-electron chi connectivity index (χ3n) is 4.01. The molecule has 2 N–H and O–H groups in total. The summed E-state index contributed by atoms with van der Waals surface area (Å²) in [4.78, 5) is 24.9. The van der Waals surface area contributed by atoms with E-state index in [1.807, 2.05) is 0 Å². The molecule has 0 aliphatic carbocycles. The van der Waals surface area contributed by atoms with Crippen molar-refractivity contribution >= 4 is 56.5 Å². The van der Waals surface area contributed by atoms with Gasteiger partial charge in [0.25, 0.3) is 5.91 Å². The van der Waals surface area contributed by atoms with Gasteiger partial charge in [0, 0.05) is 0 Å². The van der Waals surface area contributed by atoms with Gasteiger partial charge in [-0.1, -0.05) is 34.4 Å². The van der Waals surface area contributed by atoms with Crippen molar-refractivity contribution in [2.24, 2.45) is 0 Å². The highest BCUT2D eigenvalue weighted by Gasteiger charge is 2.21. The van der Waals surface area contributed by atoms with Gasteiger partial charge in [-0.25, -0.2) is 9.07 Å². The Labute approximate surface area is 204 Å². The van der Waals surface area contributed by atoms with Crippen molar-refractivity contribution in [1.82, 2.24) is 30.2 Å². The lowest BCUT2D eigenvalue weighted by atomic mass is 10.3. The summed E-state index contributed by atoms with van der Waals surface area (Å²) >= 11 is 3.57. The van der Waals surface area contributed by atoms with Crippen molar-refractivity contribution in [2.45, 2.75) is 18.2 Å². The number of anilines is 2. The fourth-order valence-electron chi connectivity index (χ4n) is 2.61. The SMILES string of the molecule is CCOc1cn(-c2ccc(F)cc2)nc1C(=O)Nc1nnc(SCC(=O)Nc2nnc(C)s2)s1. The van der Waals surface area contributed by atoms with Crippen LogP contribution < -0.4 is 15.4 Å². The second kappa shape index (κ2) is 10.7. The Morgan fingerprint density at radius 1 is 1.09 bits per heavy atom. The van der Waals surface area contributed by atoms with E-state index >= 15 is 0 Å². The number of hydrogen-bond acceptors (Lipinski definition) is 11. The van der Waals surface area contributed by atoms with Crippen LogP contribution >= 0.6 is 34.4 Å². The van der Waals surface area contributed by atoms with E-state index in [4.69, 9.17) is 4.74 Å². The Morgan fingerprint density at radius 2 is 1.82 bits per heavy atom. The van der Waals surface area contributed by atoms with Crippen molar-refractivity contribution in [3.8, 4) is 11.4 Å². The highest BCUT2D eigenvalue weighted by Crippen LogP contribution is 2.27. The maximum absolute atomic E-state index is 13.2.